The van der Waals surface area contributed by atoms with Crippen LogP contribution in [0.2, 0.25) is 0 Å². The van der Waals surface area contributed by atoms with Crippen LogP contribution in [0, 0.1) is 5.92 Å². The minimum absolute atomic E-state index is 0.613. The lowest BCUT2D eigenvalue weighted by atomic mass is 10.1. The van der Waals surface area contributed by atoms with E-state index in [0.717, 1.165) is 25.6 Å². The Morgan fingerprint density at radius 3 is 2.25 bits per heavy atom. The first-order chi connectivity index (χ1) is 9.56. The van der Waals surface area contributed by atoms with Crippen LogP contribution < -0.4 is 10.6 Å². The first kappa shape index (κ1) is 19.2. The number of unbranched alkanes of at least 4 members (excludes halogenated alkanes) is 4. The maximum Gasteiger partial charge on any atom is 0.191 e. The van der Waals surface area contributed by atoms with Crippen LogP contribution in [0.15, 0.2) is 4.99 Å². The van der Waals surface area contributed by atoms with Crippen molar-refractivity contribution >= 4 is 5.96 Å². The Balaban J connectivity index is 3.56. The molecule has 0 spiro atoms. The summed E-state index contributed by atoms with van der Waals surface area (Å²) >= 11 is 0. The van der Waals surface area contributed by atoms with Crippen molar-refractivity contribution in [3.63, 3.8) is 0 Å². The minimum atomic E-state index is 0.613. The second kappa shape index (κ2) is 13.2. The highest BCUT2D eigenvalue weighted by molar-refractivity contribution is 5.79. The lowest BCUT2D eigenvalue weighted by Gasteiger charge is -2.12. The molecule has 120 valence electrons. The van der Waals surface area contributed by atoms with Crippen molar-refractivity contribution < 1.29 is 0 Å². The van der Waals surface area contributed by atoms with Gasteiger partial charge in [0.05, 0.1) is 0 Å². The Labute approximate surface area is 126 Å². The fraction of sp³-hybridized carbons (Fsp3) is 0.938. The second-order valence-electron chi connectivity index (χ2n) is 6.11. The predicted octanol–water partition coefficient (Wildman–Crippen LogP) is 2.71. The normalized spacial score (nSPS) is 12.2. The Bertz CT molecular complexity index is 237. The van der Waals surface area contributed by atoms with Crippen LogP contribution in [-0.2, 0) is 0 Å². The van der Waals surface area contributed by atoms with Gasteiger partial charge in [-0.05, 0) is 46.3 Å². The topological polar surface area (TPSA) is 39.7 Å². The molecule has 0 aromatic heterocycles. The smallest absolute Gasteiger partial charge is 0.191 e. The Morgan fingerprint density at radius 1 is 1.00 bits per heavy atom. The largest absolute Gasteiger partial charge is 0.357 e. The van der Waals surface area contributed by atoms with Crippen molar-refractivity contribution in [3.8, 4) is 0 Å². The van der Waals surface area contributed by atoms with Crippen LogP contribution in [0.3, 0.4) is 0 Å². The van der Waals surface area contributed by atoms with E-state index in [1.165, 1.54) is 38.6 Å². The average molecular weight is 284 g/mol. The van der Waals surface area contributed by atoms with Crippen LogP contribution in [0.4, 0.5) is 0 Å². The molecule has 0 atom stereocenters. The summed E-state index contributed by atoms with van der Waals surface area (Å²) in [4.78, 5) is 6.83. The van der Waals surface area contributed by atoms with Gasteiger partial charge in [0, 0.05) is 19.6 Å². The highest BCUT2D eigenvalue weighted by Gasteiger charge is 1.98. The molecule has 0 rings (SSSR count). The fourth-order valence-corrected chi connectivity index (χ4v) is 1.91. The highest BCUT2D eigenvalue weighted by Crippen LogP contribution is 2.02. The first-order valence-corrected chi connectivity index (χ1v) is 8.23. The quantitative estimate of drug-likeness (QED) is 0.348. The van der Waals surface area contributed by atoms with E-state index in [4.69, 9.17) is 0 Å². The van der Waals surface area contributed by atoms with Gasteiger partial charge in [-0.1, -0.05) is 33.1 Å². The van der Waals surface area contributed by atoms with Crippen LogP contribution in [0.5, 0.6) is 0 Å². The Morgan fingerprint density at radius 2 is 1.65 bits per heavy atom. The van der Waals surface area contributed by atoms with E-state index in [1.54, 1.807) is 0 Å². The van der Waals surface area contributed by atoms with E-state index < -0.39 is 0 Å². The van der Waals surface area contributed by atoms with Gasteiger partial charge in [-0.3, -0.25) is 4.99 Å². The van der Waals surface area contributed by atoms with Gasteiger partial charge in [0.15, 0.2) is 5.96 Å². The van der Waals surface area contributed by atoms with Crippen LogP contribution in [0.1, 0.15) is 52.9 Å². The molecule has 0 aliphatic rings. The van der Waals surface area contributed by atoms with Crippen molar-refractivity contribution in [3.05, 3.63) is 0 Å². The van der Waals surface area contributed by atoms with E-state index >= 15 is 0 Å². The van der Waals surface area contributed by atoms with Gasteiger partial charge in [-0.25, -0.2) is 0 Å². The molecule has 0 saturated heterocycles. The molecule has 20 heavy (non-hydrogen) atoms. The molecule has 0 heterocycles. The van der Waals surface area contributed by atoms with Crippen molar-refractivity contribution in [1.29, 1.82) is 0 Å². The summed E-state index contributed by atoms with van der Waals surface area (Å²) in [6.07, 6.45) is 6.55. The third-order valence-corrected chi connectivity index (χ3v) is 3.03. The van der Waals surface area contributed by atoms with E-state index in [2.05, 4.69) is 55.4 Å². The predicted molar refractivity (Wildman–Crippen MR) is 90.5 cm³/mol. The fourth-order valence-electron chi connectivity index (χ4n) is 1.91. The molecule has 0 unspecified atom stereocenters. The first-order valence-electron chi connectivity index (χ1n) is 8.23. The number of nitrogens with zero attached hydrogens (tertiary/aromatic N) is 2. The van der Waals surface area contributed by atoms with Gasteiger partial charge in [0.25, 0.3) is 0 Å². The third kappa shape index (κ3) is 13.7. The van der Waals surface area contributed by atoms with E-state index in [1.807, 2.05) is 0 Å². The summed E-state index contributed by atoms with van der Waals surface area (Å²) in [7, 11) is 4.28. The lowest BCUT2D eigenvalue weighted by molar-refractivity contribution is 0.389. The Hall–Kier alpha value is -0.770. The van der Waals surface area contributed by atoms with Crippen molar-refractivity contribution in [2.75, 3.05) is 40.3 Å². The van der Waals surface area contributed by atoms with Gasteiger partial charge >= 0.3 is 0 Å². The number of hydrogen-bond donors (Lipinski definition) is 2. The molecule has 2 N–H and O–H groups in total. The molecule has 0 aliphatic heterocycles. The monoisotopic (exact) mass is 284 g/mol. The molecule has 0 aromatic carbocycles. The van der Waals surface area contributed by atoms with Crippen LogP contribution in [-0.4, -0.2) is 51.1 Å². The molecule has 0 fully saturated rings. The molecule has 0 amide bonds. The zero-order valence-corrected chi connectivity index (χ0v) is 14.3. The SMILES string of the molecule is CCNC(=NCC(C)C)NCCCCCCCN(C)C. The summed E-state index contributed by atoms with van der Waals surface area (Å²) in [6.45, 7) is 10.6. The van der Waals surface area contributed by atoms with E-state index in [-0.39, 0.29) is 0 Å². The van der Waals surface area contributed by atoms with Crippen molar-refractivity contribution in [2.24, 2.45) is 10.9 Å². The molecule has 0 aromatic rings. The number of guanidine groups is 1. The summed E-state index contributed by atoms with van der Waals surface area (Å²) in [5.74, 6) is 1.58. The number of hydrogen-bond acceptors (Lipinski definition) is 2. The summed E-state index contributed by atoms with van der Waals surface area (Å²) in [6, 6.07) is 0. The third-order valence-electron chi connectivity index (χ3n) is 3.03. The molecule has 0 aliphatic carbocycles. The second-order valence-corrected chi connectivity index (χ2v) is 6.11. The maximum absolute atomic E-state index is 4.57. The van der Waals surface area contributed by atoms with E-state index in [9.17, 15) is 0 Å². The van der Waals surface area contributed by atoms with Gasteiger partial charge in [-0.15, -0.1) is 0 Å². The zero-order chi connectivity index (χ0) is 15.2. The average Bonchev–Trinajstić information content (AvgIpc) is 2.38. The lowest BCUT2D eigenvalue weighted by Crippen LogP contribution is -2.38. The summed E-state index contributed by atoms with van der Waals surface area (Å²) in [5.41, 5.74) is 0. The zero-order valence-electron chi connectivity index (χ0n) is 14.3. The van der Waals surface area contributed by atoms with Crippen LogP contribution >= 0.6 is 0 Å². The number of nitrogens with one attached hydrogen (secondary N) is 2. The minimum Gasteiger partial charge on any atom is -0.357 e. The Kier molecular flexibility index (Phi) is 12.7. The molecule has 0 radical (unpaired) electrons. The van der Waals surface area contributed by atoms with Crippen molar-refractivity contribution in [1.82, 2.24) is 15.5 Å². The summed E-state index contributed by atoms with van der Waals surface area (Å²) < 4.78 is 0. The molecular weight excluding hydrogens is 248 g/mol. The van der Waals surface area contributed by atoms with Gasteiger partial charge in [0.2, 0.25) is 0 Å². The standard InChI is InChI=1S/C16H36N4/c1-6-17-16(19-14-15(2)3)18-12-10-8-7-9-11-13-20(4)5/h15H,6-14H2,1-5H3,(H2,17,18,19). The number of aliphatic imine (C=N–C) groups is 1. The number of rotatable bonds is 11. The molecular formula is C16H36N4. The van der Waals surface area contributed by atoms with Crippen LogP contribution in [0.25, 0.3) is 0 Å². The summed E-state index contributed by atoms with van der Waals surface area (Å²) in [5, 5.41) is 6.71. The molecule has 4 heteroatoms. The van der Waals surface area contributed by atoms with Gasteiger partial charge in [0.1, 0.15) is 0 Å². The van der Waals surface area contributed by atoms with E-state index in [0.29, 0.717) is 5.92 Å². The molecule has 0 bridgehead atoms. The van der Waals surface area contributed by atoms with Gasteiger partial charge in [-0.2, -0.15) is 0 Å². The van der Waals surface area contributed by atoms with Crippen molar-refractivity contribution in [2.45, 2.75) is 52.9 Å². The maximum atomic E-state index is 4.57. The molecule has 4 nitrogen and oxygen atoms in total. The highest BCUT2D eigenvalue weighted by atomic mass is 15.2. The van der Waals surface area contributed by atoms with Gasteiger partial charge < -0.3 is 15.5 Å². The molecule has 0 saturated carbocycles.